The van der Waals surface area contributed by atoms with Gasteiger partial charge in [0.2, 0.25) is 0 Å². The largest absolute Gasteiger partial charge is 0.506 e. The van der Waals surface area contributed by atoms with Crippen LogP contribution in [0.15, 0.2) is 16.0 Å². The molecule has 72 valence electrons. The van der Waals surface area contributed by atoms with Gasteiger partial charge in [0.15, 0.2) is 0 Å². The quantitative estimate of drug-likeness (QED) is 0.858. The third kappa shape index (κ3) is 1.17. The molecule has 0 spiro atoms. The first-order valence-corrected chi connectivity index (χ1v) is 6.19. The number of phenolic OH excluding ortho intramolecular Hbond substituents is 1. The summed E-state index contributed by atoms with van der Waals surface area (Å²) in [6, 6.07) is 2.02. The van der Waals surface area contributed by atoms with Gasteiger partial charge in [-0.25, -0.2) is 4.98 Å². The van der Waals surface area contributed by atoms with Crippen molar-refractivity contribution in [3.8, 4) is 5.75 Å². The lowest BCUT2D eigenvalue weighted by Gasteiger charge is -2.05. The average molecular weight is 270 g/mol. The Balaban J connectivity index is 2.34. The third-order valence-electron chi connectivity index (χ3n) is 2.59. The van der Waals surface area contributed by atoms with Crippen molar-refractivity contribution in [1.82, 2.24) is 4.98 Å². The minimum absolute atomic E-state index is 0.407. The van der Waals surface area contributed by atoms with Crippen molar-refractivity contribution in [2.24, 2.45) is 0 Å². The second-order valence-electron chi connectivity index (χ2n) is 3.60. The summed E-state index contributed by atoms with van der Waals surface area (Å²) in [7, 11) is 0. The molecule has 0 amide bonds. The van der Waals surface area contributed by atoms with E-state index in [1.807, 2.05) is 11.6 Å². The van der Waals surface area contributed by atoms with Crippen molar-refractivity contribution in [1.29, 1.82) is 0 Å². The molecule has 0 bridgehead atoms. The first-order valence-electron chi connectivity index (χ1n) is 4.52. The average Bonchev–Trinajstić information content (AvgIpc) is 2.91. The van der Waals surface area contributed by atoms with Crippen LogP contribution in [0.25, 0.3) is 10.2 Å². The summed E-state index contributed by atoms with van der Waals surface area (Å²) in [6.45, 7) is 0. The summed E-state index contributed by atoms with van der Waals surface area (Å²) in [6.07, 6.45) is 2.38. The van der Waals surface area contributed by atoms with E-state index >= 15 is 0 Å². The minimum Gasteiger partial charge on any atom is -0.506 e. The molecule has 1 aromatic carbocycles. The van der Waals surface area contributed by atoms with Crippen LogP contribution < -0.4 is 0 Å². The van der Waals surface area contributed by atoms with Crippen LogP contribution in [0.1, 0.15) is 24.3 Å². The van der Waals surface area contributed by atoms with Crippen molar-refractivity contribution in [2.45, 2.75) is 18.8 Å². The molecular weight excluding hydrogens is 262 g/mol. The van der Waals surface area contributed by atoms with Gasteiger partial charge in [0.05, 0.1) is 20.2 Å². The molecule has 1 N–H and O–H groups in total. The lowest BCUT2D eigenvalue weighted by atomic mass is 10.1. The Hall–Kier alpha value is -0.610. The smallest absolute Gasteiger partial charge is 0.134 e. The van der Waals surface area contributed by atoms with Gasteiger partial charge in [-0.3, -0.25) is 0 Å². The molecule has 2 aromatic rings. The number of nitrogens with zero attached hydrogens (tertiary/aromatic N) is 1. The van der Waals surface area contributed by atoms with Gasteiger partial charge in [-0.1, -0.05) is 0 Å². The molecule has 0 aliphatic heterocycles. The number of phenols is 1. The van der Waals surface area contributed by atoms with Crippen molar-refractivity contribution in [3.63, 3.8) is 0 Å². The van der Waals surface area contributed by atoms with E-state index in [4.69, 9.17) is 0 Å². The highest BCUT2D eigenvalue weighted by Gasteiger charge is 2.28. The molecule has 1 aromatic heterocycles. The summed E-state index contributed by atoms with van der Waals surface area (Å²) in [5.74, 6) is 0.960. The highest BCUT2D eigenvalue weighted by Crippen LogP contribution is 2.48. The molecule has 1 fully saturated rings. The number of aromatic hydroxyl groups is 1. The van der Waals surface area contributed by atoms with E-state index in [-0.39, 0.29) is 0 Å². The Morgan fingerprint density at radius 3 is 3.00 bits per heavy atom. The van der Waals surface area contributed by atoms with Crippen molar-refractivity contribution in [3.05, 3.63) is 21.6 Å². The lowest BCUT2D eigenvalue weighted by molar-refractivity contribution is 0.466. The Morgan fingerprint density at radius 1 is 1.50 bits per heavy atom. The maximum Gasteiger partial charge on any atom is 0.134 e. The summed E-state index contributed by atoms with van der Waals surface area (Å²) in [5, 5.41) is 9.96. The topological polar surface area (TPSA) is 33.1 Å². The summed E-state index contributed by atoms with van der Waals surface area (Å²) in [4.78, 5) is 4.27. The van der Waals surface area contributed by atoms with Crippen LogP contribution in [0.4, 0.5) is 0 Å². The first kappa shape index (κ1) is 8.68. The predicted octanol–water partition coefficient (Wildman–Crippen LogP) is 3.64. The molecule has 1 aliphatic carbocycles. The molecule has 2 nitrogen and oxygen atoms in total. The van der Waals surface area contributed by atoms with Crippen LogP contribution in [0.3, 0.4) is 0 Å². The monoisotopic (exact) mass is 269 g/mol. The van der Waals surface area contributed by atoms with Gasteiger partial charge >= 0.3 is 0 Å². The van der Waals surface area contributed by atoms with E-state index in [9.17, 15) is 5.11 Å². The van der Waals surface area contributed by atoms with Crippen LogP contribution in [0.5, 0.6) is 5.75 Å². The lowest BCUT2D eigenvalue weighted by Crippen LogP contribution is -1.83. The van der Waals surface area contributed by atoms with Gasteiger partial charge < -0.3 is 5.11 Å². The molecule has 4 heteroatoms. The number of thiazole rings is 1. The SMILES string of the molecule is Oc1c(C2CC2)cc2ncsc2c1Br. The van der Waals surface area contributed by atoms with E-state index in [0.717, 1.165) is 20.3 Å². The number of aromatic nitrogens is 1. The van der Waals surface area contributed by atoms with Gasteiger partial charge in [-0.15, -0.1) is 11.3 Å². The number of benzene rings is 1. The van der Waals surface area contributed by atoms with Gasteiger partial charge in [0.25, 0.3) is 0 Å². The van der Waals surface area contributed by atoms with Gasteiger partial charge in [0, 0.05) is 5.56 Å². The molecule has 14 heavy (non-hydrogen) atoms. The summed E-state index contributed by atoms with van der Waals surface area (Å²) >= 11 is 4.98. The first-order chi connectivity index (χ1) is 6.77. The van der Waals surface area contributed by atoms with E-state index < -0.39 is 0 Å². The Labute approximate surface area is 93.7 Å². The van der Waals surface area contributed by atoms with E-state index in [1.165, 1.54) is 12.8 Å². The molecule has 1 saturated carbocycles. The fourth-order valence-corrected chi connectivity index (χ4v) is 3.09. The van der Waals surface area contributed by atoms with E-state index in [0.29, 0.717) is 11.7 Å². The van der Waals surface area contributed by atoms with Crippen LogP contribution in [-0.4, -0.2) is 10.1 Å². The second kappa shape index (κ2) is 2.94. The van der Waals surface area contributed by atoms with E-state index in [1.54, 1.807) is 11.3 Å². The van der Waals surface area contributed by atoms with Gasteiger partial charge in [0.1, 0.15) is 5.75 Å². The standard InChI is InChI=1S/C10H8BrNOS/c11-8-9(13)6(5-1-2-5)3-7-10(8)14-4-12-7/h3-5,13H,1-2H2. The zero-order chi connectivity index (χ0) is 9.71. The fourth-order valence-electron chi connectivity index (χ4n) is 1.68. The fraction of sp³-hybridized carbons (Fsp3) is 0.300. The number of fused-ring (bicyclic) bond motifs is 1. The third-order valence-corrected chi connectivity index (χ3v) is 4.48. The number of halogens is 1. The highest BCUT2D eigenvalue weighted by molar-refractivity contribution is 9.10. The molecule has 1 aliphatic rings. The van der Waals surface area contributed by atoms with Crippen LogP contribution >= 0.6 is 27.3 Å². The van der Waals surface area contributed by atoms with Crippen molar-refractivity contribution < 1.29 is 5.11 Å². The predicted molar refractivity (Wildman–Crippen MR) is 61.0 cm³/mol. The maximum absolute atomic E-state index is 9.96. The number of hydrogen-bond donors (Lipinski definition) is 1. The van der Waals surface area contributed by atoms with Crippen LogP contribution in [-0.2, 0) is 0 Å². The second-order valence-corrected chi connectivity index (χ2v) is 5.25. The van der Waals surface area contributed by atoms with E-state index in [2.05, 4.69) is 20.9 Å². The Bertz CT molecular complexity index is 504. The minimum atomic E-state index is 0.407. The molecular formula is C10H8BrNOS. The molecule has 0 atom stereocenters. The van der Waals surface area contributed by atoms with Crippen molar-refractivity contribution >= 4 is 37.5 Å². The molecule has 0 unspecified atom stereocenters. The molecule has 3 rings (SSSR count). The zero-order valence-corrected chi connectivity index (χ0v) is 9.73. The maximum atomic E-state index is 9.96. The zero-order valence-electron chi connectivity index (χ0n) is 7.33. The molecule has 0 saturated heterocycles. The molecule has 0 radical (unpaired) electrons. The van der Waals surface area contributed by atoms with Crippen LogP contribution in [0, 0.1) is 0 Å². The highest BCUT2D eigenvalue weighted by atomic mass is 79.9. The van der Waals surface area contributed by atoms with Gasteiger partial charge in [-0.2, -0.15) is 0 Å². The summed E-state index contributed by atoms with van der Waals surface area (Å²) < 4.78 is 1.84. The van der Waals surface area contributed by atoms with Crippen molar-refractivity contribution in [2.75, 3.05) is 0 Å². The Morgan fingerprint density at radius 2 is 2.29 bits per heavy atom. The van der Waals surface area contributed by atoms with Crippen LogP contribution in [0.2, 0.25) is 0 Å². The summed E-state index contributed by atoms with van der Waals surface area (Å²) in [5.41, 5.74) is 3.85. The molecule has 1 heterocycles. The normalized spacial score (nSPS) is 16.4. The number of rotatable bonds is 1. The Kier molecular flexibility index (Phi) is 1.82. The van der Waals surface area contributed by atoms with Gasteiger partial charge in [-0.05, 0) is 40.8 Å². The number of hydrogen-bond acceptors (Lipinski definition) is 3.